The van der Waals surface area contributed by atoms with Crippen LogP contribution in [0, 0.1) is 0 Å². The second kappa shape index (κ2) is 6.00. The fourth-order valence-corrected chi connectivity index (χ4v) is 2.72. The molecule has 2 N–H and O–H groups in total. The Morgan fingerprint density at radius 1 is 1.23 bits per heavy atom. The molecule has 0 saturated heterocycles. The molecule has 0 unspecified atom stereocenters. The zero-order valence-corrected chi connectivity index (χ0v) is 12.0. The van der Waals surface area contributed by atoms with Crippen molar-refractivity contribution in [3.05, 3.63) is 41.5 Å². The van der Waals surface area contributed by atoms with Gasteiger partial charge in [0.05, 0.1) is 12.0 Å². The average Bonchev–Trinajstić information content (AvgIpc) is 3.11. The molecule has 1 saturated carbocycles. The van der Waals surface area contributed by atoms with Crippen LogP contribution in [-0.2, 0) is 12.0 Å². The highest BCUT2D eigenvalue weighted by Gasteiger charge is 2.35. The molecule has 0 spiro atoms. The van der Waals surface area contributed by atoms with E-state index in [1.807, 2.05) is 0 Å². The summed E-state index contributed by atoms with van der Waals surface area (Å²) in [6, 6.07) is 6.35. The Hall–Kier alpha value is -2.02. The van der Waals surface area contributed by atoms with Crippen molar-refractivity contribution >= 4 is 0 Å². The number of benzene rings is 1. The molecule has 118 valence electrons. The highest BCUT2D eigenvalue weighted by molar-refractivity contribution is 5.28. The molecule has 0 radical (unpaired) electrons. The number of halogens is 2. The van der Waals surface area contributed by atoms with Crippen molar-refractivity contribution in [3.63, 3.8) is 0 Å². The number of aromatic nitrogens is 2. The largest absolute Gasteiger partial charge is 0.435 e. The van der Waals surface area contributed by atoms with Gasteiger partial charge in [-0.2, -0.15) is 13.8 Å². The Balaban J connectivity index is 1.67. The molecule has 1 fully saturated rings. The molecule has 3 rings (SSSR count). The second-order valence-electron chi connectivity index (χ2n) is 5.57. The SMILES string of the molecule is NC1(c2noc(Cc3ccc(OC(F)F)cc3)n2)CCCC1. The molecule has 1 heterocycles. The topological polar surface area (TPSA) is 74.2 Å². The molecule has 1 aliphatic carbocycles. The van der Waals surface area contributed by atoms with Gasteiger partial charge in [0.25, 0.3) is 0 Å². The third kappa shape index (κ3) is 3.24. The van der Waals surface area contributed by atoms with Crippen molar-refractivity contribution in [3.8, 4) is 5.75 Å². The van der Waals surface area contributed by atoms with Gasteiger partial charge in [0.15, 0.2) is 5.82 Å². The fraction of sp³-hybridized carbons (Fsp3) is 0.467. The lowest BCUT2D eigenvalue weighted by Crippen LogP contribution is -2.34. The predicted octanol–water partition coefficient (Wildman–Crippen LogP) is 2.99. The monoisotopic (exact) mass is 309 g/mol. The van der Waals surface area contributed by atoms with Crippen LogP contribution in [-0.4, -0.2) is 16.8 Å². The molecule has 0 bridgehead atoms. The van der Waals surface area contributed by atoms with E-state index in [0.717, 1.165) is 31.2 Å². The summed E-state index contributed by atoms with van der Waals surface area (Å²) in [5.41, 5.74) is 6.67. The number of nitrogens with two attached hydrogens (primary N) is 1. The van der Waals surface area contributed by atoms with Crippen LogP contribution in [0.4, 0.5) is 8.78 Å². The quantitative estimate of drug-likeness (QED) is 0.919. The molecule has 1 aromatic heterocycles. The molecule has 0 amide bonds. The normalized spacial score (nSPS) is 17.1. The Morgan fingerprint density at radius 2 is 1.91 bits per heavy atom. The van der Waals surface area contributed by atoms with Crippen LogP contribution in [0.25, 0.3) is 0 Å². The van der Waals surface area contributed by atoms with Crippen LogP contribution in [0.5, 0.6) is 5.75 Å². The maximum absolute atomic E-state index is 12.1. The van der Waals surface area contributed by atoms with Crippen molar-refractivity contribution in [2.75, 3.05) is 0 Å². The van der Waals surface area contributed by atoms with Crippen LogP contribution < -0.4 is 10.5 Å². The van der Waals surface area contributed by atoms with Gasteiger partial charge in [-0.1, -0.05) is 30.1 Å². The summed E-state index contributed by atoms with van der Waals surface area (Å²) in [5, 5.41) is 3.99. The van der Waals surface area contributed by atoms with E-state index < -0.39 is 12.2 Å². The average molecular weight is 309 g/mol. The highest BCUT2D eigenvalue weighted by Crippen LogP contribution is 2.34. The molecule has 1 aliphatic rings. The standard InChI is InChI=1S/C15H17F2N3O2/c16-14(17)21-11-5-3-10(4-6-11)9-12-19-13(20-22-12)15(18)7-1-2-8-15/h3-6,14H,1-2,7-9,18H2. The van der Waals surface area contributed by atoms with Gasteiger partial charge in [-0.25, -0.2) is 0 Å². The predicted molar refractivity (Wildman–Crippen MR) is 74.5 cm³/mol. The smallest absolute Gasteiger partial charge is 0.387 e. The zero-order valence-electron chi connectivity index (χ0n) is 12.0. The van der Waals surface area contributed by atoms with Crippen LogP contribution >= 0.6 is 0 Å². The van der Waals surface area contributed by atoms with Gasteiger partial charge >= 0.3 is 6.61 Å². The summed E-state index contributed by atoms with van der Waals surface area (Å²) in [4.78, 5) is 4.38. The Kier molecular flexibility index (Phi) is 4.06. The molecule has 22 heavy (non-hydrogen) atoms. The van der Waals surface area contributed by atoms with Crippen LogP contribution in [0.3, 0.4) is 0 Å². The first-order chi connectivity index (χ1) is 10.5. The molecule has 7 heteroatoms. The molecular formula is C15H17F2N3O2. The van der Waals surface area contributed by atoms with E-state index in [0.29, 0.717) is 18.1 Å². The summed E-state index contributed by atoms with van der Waals surface area (Å²) < 4.78 is 33.7. The van der Waals surface area contributed by atoms with Crippen LogP contribution in [0.2, 0.25) is 0 Å². The number of rotatable bonds is 5. The number of hydrogen-bond acceptors (Lipinski definition) is 5. The molecular weight excluding hydrogens is 292 g/mol. The van der Waals surface area contributed by atoms with Gasteiger partial charge in [-0.15, -0.1) is 0 Å². The van der Waals surface area contributed by atoms with E-state index in [2.05, 4.69) is 14.9 Å². The second-order valence-corrected chi connectivity index (χ2v) is 5.57. The molecule has 2 aromatic rings. The van der Waals surface area contributed by atoms with E-state index in [-0.39, 0.29) is 5.75 Å². The number of alkyl halides is 2. The lowest BCUT2D eigenvalue weighted by molar-refractivity contribution is -0.0498. The van der Waals surface area contributed by atoms with Crippen LogP contribution in [0.1, 0.15) is 43.0 Å². The van der Waals surface area contributed by atoms with E-state index in [1.54, 1.807) is 12.1 Å². The van der Waals surface area contributed by atoms with Gasteiger partial charge in [0.2, 0.25) is 5.89 Å². The van der Waals surface area contributed by atoms with E-state index in [9.17, 15) is 8.78 Å². The van der Waals surface area contributed by atoms with Crippen molar-refractivity contribution in [1.82, 2.24) is 10.1 Å². The van der Waals surface area contributed by atoms with Gasteiger partial charge in [-0.3, -0.25) is 0 Å². The lowest BCUT2D eigenvalue weighted by atomic mass is 9.99. The Morgan fingerprint density at radius 3 is 2.55 bits per heavy atom. The summed E-state index contributed by atoms with van der Waals surface area (Å²) >= 11 is 0. The summed E-state index contributed by atoms with van der Waals surface area (Å²) in [6.07, 6.45) is 4.31. The number of ether oxygens (including phenoxy) is 1. The van der Waals surface area contributed by atoms with Crippen molar-refractivity contribution < 1.29 is 18.0 Å². The molecule has 0 aliphatic heterocycles. The zero-order chi connectivity index (χ0) is 15.6. The molecule has 1 aromatic carbocycles. The highest BCUT2D eigenvalue weighted by atomic mass is 19.3. The van der Waals surface area contributed by atoms with E-state index >= 15 is 0 Å². The van der Waals surface area contributed by atoms with Crippen molar-refractivity contribution in [2.45, 2.75) is 44.3 Å². The number of hydrogen-bond donors (Lipinski definition) is 1. The number of nitrogens with zero attached hydrogens (tertiary/aromatic N) is 2. The fourth-order valence-electron chi connectivity index (χ4n) is 2.72. The Bertz CT molecular complexity index is 622. The summed E-state index contributed by atoms with van der Waals surface area (Å²) in [6.45, 7) is -2.82. The Labute approximate surface area is 126 Å². The minimum absolute atomic E-state index is 0.122. The summed E-state index contributed by atoms with van der Waals surface area (Å²) in [7, 11) is 0. The lowest BCUT2D eigenvalue weighted by Gasteiger charge is -2.17. The minimum atomic E-state index is -2.82. The van der Waals surface area contributed by atoms with E-state index in [4.69, 9.17) is 10.3 Å². The third-order valence-corrected chi connectivity index (χ3v) is 3.91. The maximum Gasteiger partial charge on any atom is 0.387 e. The maximum atomic E-state index is 12.1. The van der Waals surface area contributed by atoms with E-state index in [1.165, 1.54) is 12.1 Å². The first-order valence-corrected chi connectivity index (χ1v) is 7.21. The van der Waals surface area contributed by atoms with Crippen molar-refractivity contribution in [2.24, 2.45) is 5.73 Å². The third-order valence-electron chi connectivity index (χ3n) is 3.91. The van der Waals surface area contributed by atoms with Gasteiger partial charge in [0, 0.05) is 0 Å². The van der Waals surface area contributed by atoms with Gasteiger partial charge < -0.3 is 15.0 Å². The summed E-state index contributed by atoms with van der Waals surface area (Å²) in [5.74, 6) is 1.14. The van der Waals surface area contributed by atoms with Crippen LogP contribution in [0.15, 0.2) is 28.8 Å². The first-order valence-electron chi connectivity index (χ1n) is 7.21. The van der Waals surface area contributed by atoms with Gasteiger partial charge in [0.1, 0.15) is 5.75 Å². The first kappa shape index (κ1) is 14.9. The van der Waals surface area contributed by atoms with Gasteiger partial charge in [-0.05, 0) is 30.5 Å². The molecule has 0 atom stereocenters. The molecule has 5 nitrogen and oxygen atoms in total. The minimum Gasteiger partial charge on any atom is -0.435 e. The van der Waals surface area contributed by atoms with Crippen molar-refractivity contribution in [1.29, 1.82) is 0 Å².